The number of hydrogen-bond acceptors (Lipinski definition) is 3. The molecule has 0 aliphatic carbocycles. The lowest BCUT2D eigenvalue weighted by Crippen LogP contribution is -2.35. The molecule has 1 amide bonds. The maximum absolute atomic E-state index is 11.8. The van der Waals surface area contributed by atoms with Gasteiger partial charge in [-0.1, -0.05) is 42.5 Å². The van der Waals surface area contributed by atoms with Crippen LogP contribution in [-0.2, 0) is 17.9 Å². The molecule has 25 heavy (non-hydrogen) atoms. The summed E-state index contributed by atoms with van der Waals surface area (Å²) in [6.45, 7) is 2.13. The average molecular weight is 331 g/mol. The molecule has 2 aromatic rings. The number of likely N-dealkylation sites (N-methyl/N-ethyl adjacent to an activating group) is 1. The van der Waals surface area contributed by atoms with Gasteiger partial charge in [-0.3, -0.25) is 4.79 Å². The Morgan fingerprint density at radius 3 is 2.68 bits per heavy atom. The van der Waals surface area contributed by atoms with Gasteiger partial charge in [-0.2, -0.15) is 5.26 Å². The van der Waals surface area contributed by atoms with Crippen molar-refractivity contribution in [1.29, 1.82) is 5.26 Å². The van der Waals surface area contributed by atoms with Gasteiger partial charge in [-0.25, -0.2) is 0 Å². The SMILES string of the molecule is CN1CC(c2cc3c(c(-c4ccccc4)c2)CN(C#N)C3)CCC1=O. The number of hydrogen-bond donors (Lipinski definition) is 0. The minimum Gasteiger partial charge on any atom is -0.345 e. The predicted molar refractivity (Wildman–Crippen MR) is 96.4 cm³/mol. The van der Waals surface area contributed by atoms with E-state index < -0.39 is 0 Å². The Hall–Kier alpha value is -2.80. The number of benzene rings is 2. The van der Waals surface area contributed by atoms with Crippen molar-refractivity contribution in [3.63, 3.8) is 0 Å². The highest BCUT2D eigenvalue weighted by Crippen LogP contribution is 2.37. The highest BCUT2D eigenvalue weighted by Gasteiger charge is 2.28. The van der Waals surface area contributed by atoms with E-state index in [2.05, 4.69) is 42.6 Å². The Kier molecular flexibility index (Phi) is 3.93. The van der Waals surface area contributed by atoms with Crippen LogP contribution in [0.3, 0.4) is 0 Å². The topological polar surface area (TPSA) is 47.3 Å². The number of amides is 1. The molecular weight excluding hydrogens is 310 g/mol. The van der Waals surface area contributed by atoms with Gasteiger partial charge >= 0.3 is 0 Å². The fourth-order valence-corrected chi connectivity index (χ4v) is 4.00. The molecule has 2 aliphatic rings. The number of likely N-dealkylation sites (tertiary alicyclic amines) is 1. The quantitative estimate of drug-likeness (QED) is 0.792. The van der Waals surface area contributed by atoms with E-state index in [1.807, 2.05) is 18.0 Å². The van der Waals surface area contributed by atoms with Gasteiger partial charge in [-0.05, 0) is 34.2 Å². The number of fused-ring (bicyclic) bond motifs is 1. The number of nitrogens with zero attached hydrogens (tertiary/aromatic N) is 3. The van der Waals surface area contributed by atoms with Gasteiger partial charge in [0.15, 0.2) is 6.19 Å². The molecule has 2 aliphatic heterocycles. The van der Waals surface area contributed by atoms with Crippen LogP contribution in [0.4, 0.5) is 0 Å². The van der Waals surface area contributed by atoms with E-state index in [1.165, 1.54) is 27.8 Å². The van der Waals surface area contributed by atoms with Gasteiger partial charge in [0.05, 0.1) is 13.1 Å². The molecule has 1 fully saturated rings. The number of carbonyl (C=O) groups excluding carboxylic acids is 1. The first-order chi connectivity index (χ1) is 12.2. The summed E-state index contributed by atoms with van der Waals surface area (Å²) in [6.07, 6.45) is 3.80. The smallest absolute Gasteiger partial charge is 0.222 e. The van der Waals surface area contributed by atoms with Crippen molar-refractivity contribution in [3.8, 4) is 17.3 Å². The molecule has 126 valence electrons. The van der Waals surface area contributed by atoms with Gasteiger partial charge in [0.25, 0.3) is 0 Å². The summed E-state index contributed by atoms with van der Waals surface area (Å²) in [6, 6.07) is 14.9. The molecule has 0 N–H and O–H groups in total. The lowest BCUT2D eigenvalue weighted by molar-refractivity contribution is -0.132. The Morgan fingerprint density at radius 2 is 1.96 bits per heavy atom. The Bertz CT molecular complexity index is 853. The van der Waals surface area contributed by atoms with Crippen LogP contribution in [-0.4, -0.2) is 29.3 Å². The van der Waals surface area contributed by atoms with Crippen LogP contribution in [0.5, 0.6) is 0 Å². The van der Waals surface area contributed by atoms with E-state index >= 15 is 0 Å². The molecule has 0 radical (unpaired) electrons. The van der Waals surface area contributed by atoms with Crippen molar-refractivity contribution in [2.45, 2.75) is 31.8 Å². The van der Waals surface area contributed by atoms with Crippen LogP contribution in [0.15, 0.2) is 42.5 Å². The Labute approximate surface area is 148 Å². The zero-order valence-electron chi connectivity index (χ0n) is 14.4. The molecule has 2 aromatic carbocycles. The fourth-order valence-electron chi connectivity index (χ4n) is 4.00. The summed E-state index contributed by atoms with van der Waals surface area (Å²) in [5.74, 6) is 0.600. The fraction of sp³-hybridized carbons (Fsp3) is 0.333. The molecule has 1 unspecified atom stereocenters. The third-order valence-electron chi connectivity index (χ3n) is 5.40. The number of carbonyl (C=O) groups is 1. The molecule has 0 spiro atoms. The van der Waals surface area contributed by atoms with Gasteiger partial charge in [0, 0.05) is 25.9 Å². The normalized spacial score (nSPS) is 19.7. The largest absolute Gasteiger partial charge is 0.345 e. The molecular formula is C21H21N3O. The molecule has 0 bridgehead atoms. The first-order valence-electron chi connectivity index (χ1n) is 8.75. The first-order valence-corrected chi connectivity index (χ1v) is 8.75. The predicted octanol–water partition coefficient (Wildman–Crippen LogP) is 3.49. The number of rotatable bonds is 2. The summed E-state index contributed by atoms with van der Waals surface area (Å²) in [5, 5.41) is 9.31. The molecule has 0 aromatic heterocycles. The minimum atomic E-state index is 0.233. The van der Waals surface area contributed by atoms with Gasteiger partial charge < -0.3 is 9.80 Å². The van der Waals surface area contributed by atoms with Crippen molar-refractivity contribution in [2.75, 3.05) is 13.6 Å². The van der Waals surface area contributed by atoms with Crippen LogP contribution in [0.1, 0.15) is 35.4 Å². The van der Waals surface area contributed by atoms with E-state index in [1.54, 1.807) is 4.90 Å². The second-order valence-corrected chi connectivity index (χ2v) is 7.04. The third kappa shape index (κ3) is 2.87. The van der Waals surface area contributed by atoms with Crippen molar-refractivity contribution >= 4 is 5.91 Å². The standard InChI is InChI=1S/C21H21N3O/c1-23-11-16(7-8-21(23)25)17-9-18-12-24(14-22)13-20(18)19(10-17)15-5-3-2-4-6-15/h2-6,9-10,16H,7-8,11-13H2,1H3. The third-order valence-corrected chi connectivity index (χ3v) is 5.40. The molecule has 4 nitrogen and oxygen atoms in total. The summed E-state index contributed by atoms with van der Waals surface area (Å²) in [4.78, 5) is 15.5. The number of nitriles is 1. The van der Waals surface area contributed by atoms with Crippen LogP contribution in [0.25, 0.3) is 11.1 Å². The van der Waals surface area contributed by atoms with Gasteiger partial charge in [0.1, 0.15) is 0 Å². The van der Waals surface area contributed by atoms with Crippen LogP contribution in [0.2, 0.25) is 0 Å². The van der Waals surface area contributed by atoms with Crippen LogP contribution < -0.4 is 0 Å². The second kappa shape index (κ2) is 6.25. The first kappa shape index (κ1) is 15.7. The van der Waals surface area contributed by atoms with E-state index in [9.17, 15) is 10.1 Å². The zero-order chi connectivity index (χ0) is 17.4. The van der Waals surface area contributed by atoms with Gasteiger partial charge in [0.2, 0.25) is 5.91 Å². The Morgan fingerprint density at radius 1 is 1.16 bits per heavy atom. The molecule has 4 rings (SSSR count). The molecule has 1 atom stereocenters. The number of piperidine rings is 1. The van der Waals surface area contributed by atoms with Crippen molar-refractivity contribution in [1.82, 2.24) is 9.80 Å². The van der Waals surface area contributed by atoms with E-state index in [0.717, 1.165) is 13.0 Å². The van der Waals surface area contributed by atoms with Crippen molar-refractivity contribution in [3.05, 3.63) is 59.2 Å². The lowest BCUT2D eigenvalue weighted by Gasteiger charge is -2.30. The monoisotopic (exact) mass is 331 g/mol. The maximum Gasteiger partial charge on any atom is 0.222 e. The van der Waals surface area contributed by atoms with E-state index in [0.29, 0.717) is 25.4 Å². The van der Waals surface area contributed by atoms with Crippen molar-refractivity contribution < 1.29 is 4.79 Å². The van der Waals surface area contributed by atoms with E-state index in [4.69, 9.17) is 0 Å². The summed E-state index contributed by atoms with van der Waals surface area (Å²) < 4.78 is 0. The van der Waals surface area contributed by atoms with E-state index in [-0.39, 0.29) is 5.91 Å². The molecule has 4 heteroatoms. The van der Waals surface area contributed by atoms with Gasteiger partial charge in [-0.15, -0.1) is 0 Å². The van der Waals surface area contributed by atoms with Crippen LogP contribution >= 0.6 is 0 Å². The molecule has 1 saturated heterocycles. The zero-order valence-corrected chi connectivity index (χ0v) is 14.4. The summed E-state index contributed by atoms with van der Waals surface area (Å²) in [5.41, 5.74) is 6.22. The average Bonchev–Trinajstić information content (AvgIpc) is 3.07. The highest BCUT2D eigenvalue weighted by molar-refractivity contribution is 5.77. The lowest BCUT2D eigenvalue weighted by atomic mass is 9.85. The van der Waals surface area contributed by atoms with Crippen molar-refractivity contribution in [2.24, 2.45) is 0 Å². The summed E-state index contributed by atoms with van der Waals surface area (Å²) in [7, 11) is 1.89. The highest BCUT2D eigenvalue weighted by atomic mass is 16.2. The molecule has 2 heterocycles. The maximum atomic E-state index is 11.8. The van der Waals surface area contributed by atoms with Crippen LogP contribution in [0, 0.1) is 11.5 Å². The molecule has 0 saturated carbocycles. The minimum absolute atomic E-state index is 0.233. The summed E-state index contributed by atoms with van der Waals surface area (Å²) >= 11 is 0. The Balaban J connectivity index is 1.78. The second-order valence-electron chi connectivity index (χ2n) is 7.04.